The van der Waals surface area contributed by atoms with Crippen LogP contribution in [0, 0.1) is 17.2 Å². The predicted molar refractivity (Wildman–Crippen MR) is 108 cm³/mol. The monoisotopic (exact) mass is 360 g/mol. The van der Waals surface area contributed by atoms with Crippen LogP contribution in [0.4, 0.5) is 4.79 Å². The number of amides is 1. The Morgan fingerprint density at radius 3 is 2.27 bits per heavy atom. The third kappa shape index (κ3) is 7.91. The number of nitriles is 1. The van der Waals surface area contributed by atoms with Crippen molar-refractivity contribution in [2.75, 3.05) is 6.54 Å². The average molecular weight is 361 g/mol. The van der Waals surface area contributed by atoms with Gasteiger partial charge in [-0.15, -0.1) is 0 Å². The van der Waals surface area contributed by atoms with Crippen LogP contribution in [0.1, 0.15) is 79.3 Å². The molecular weight excluding hydrogens is 324 g/mol. The summed E-state index contributed by atoms with van der Waals surface area (Å²) in [7, 11) is 0. The second-order valence-corrected chi connectivity index (χ2v) is 6.85. The van der Waals surface area contributed by atoms with Crippen LogP contribution in [0.5, 0.6) is 0 Å². The lowest BCUT2D eigenvalue weighted by molar-refractivity contribution is 0.00440. The van der Waals surface area contributed by atoms with Crippen LogP contribution >= 0.6 is 0 Å². The molecule has 0 aromatic heterocycles. The highest BCUT2D eigenvalue weighted by Gasteiger charge is 2.34. The average Bonchev–Trinajstić information content (AvgIpc) is 2.64. The van der Waals surface area contributed by atoms with Crippen LogP contribution in [-0.2, 0) is 4.74 Å². The fourth-order valence-corrected chi connectivity index (χ4v) is 2.88. The van der Waals surface area contributed by atoms with Crippen LogP contribution in [-0.4, -0.2) is 23.1 Å². The van der Waals surface area contributed by atoms with Crippen LogP contribution in [0.2, 0.25) is 0 Å². The number of piperidine rings is 1. The second kappa shape index (κ2) is 12.4. The standard InChI is InChI=1S/C18H24N2O2.2C2H6/c1-18(2,3)22-17(21)20-12-10-14(9-11-19)13-16(20)15-7-5-4-6-8-15;2*1-2/h4-8,14,16H,9-10,12-13H2,1-3H3;2*1-2H3. The van der Waals surface area contributed by atoms with Gasteiger partial charge in [0.25, 0.3) is 0 Å². The number of ether oxygens (including phenoxy) is 1. The molecule has 1 fully saturated rings. The predicted octanol–water partition coefficient (Wildman–Crippen LogP) is 6.34. The van der Waals surface area contributed by atoms with Crippen molar-refractivity contribution < 1.29 is 9.53 Å². The molecule has 146 valence electrons. The molecule has 4 heteroatoms. The maximum atomic E-state index is 12.5. The van der Waals surface area contributed by atoms with E-state index >= 15 is 0 Å². The minimum absolute atomic E-state index is 0.0110. The van der Waals surface area contributed by atoms with Gasteiger partial charge in [-0.2, -0.15) is 5.26 Å². The Bertz CT molecular complexity index is 544. The number of likely N-dealkylation sites (tertiary alicyclic amines) is 1. The van der Waals surface area contributed by atoms with Crippen LogP contribution < -0.4 is 0 Å². The molecule has 0 N–H and O–H groups in total. The third-order valence-corrected chi connectivity index (χ3v) is 3.90. The zero-order valence-electron chi connectivity index (χ0n) is 17.6. The zero-order valence-corrected chi connectivity index (χ0v) is 17.6. The van der Waals surface area contributed by atoms with E-state index in [1.807, 2.05) is 83.7 Å². The fourth-order valence-electron chi connectivity index (χ4n) is 2.88. The number of nitrogens with zero attached hydrogens (tertiary/aromatic N) is 2. The Labute approximate surface area is 160 Å². The maximum absolute atomic E-state index is 12.5. The van der Waals surface area contributed by atoms with Crippen molar-refractivity contribution in [3.63, 3.8) is 0 Å². The Morgan fingerprint density at radius 1 is 1.19 bits per heavy atom. The second-order valence-electron chi connectivity index (χ2n) is 6.85. The lowest BCUT2D eigenvalue weighted by Crippen LogP contribution is -2.43. The van der Waals surface area contributed by atoms with Gasteiger partial charge in [0.2, 0.25) is 0 Å². The number of carbonyl (C=O) groups excluding carboxylic acids is 1. The molecule has 2 atom stereocenters. The van der Waals surface area contributed by atoms with E-state index in [-0.39, 0.29) is 12.1 Å². The van der Waals surface area contributed by atoms with Crippen LogP contribution in [0.25, 0.3) is 0 Å². The molecule has 1 aromatic rings. The van der Waals surface area contributed by atoms with E-state index in [0.717, 1.165) is 18.4 Å². The summed E-state index contributed by atoms with van der Waals surface area (Å²) in [5, 5.41) is 8.95. The first-order valence-corrected chi connectivity index (χ1v) is 9.82. The summed E-state index contributed by atoms with van der Waals surface area (Å²) >= 11 is 0. The number of rotatable bonds is 2. The number of hydrogen-bond donors (Lipinski definition) is 0. The summed E-state index contributed by atoms with van der Waals surface area (Å²) in [6.07, 6.45) is 1.95. The number of hydrogen-bond acceptors (Lipinski definition) is 3. The van der Waals surface area contributed by atoms with E-state index in [0.29, 0.717) is 18.9 Å². The molecule has 0 aliphatic carbocycles. The van der Waals surface area contributed by atoms with E-state index in [1.165, 1.54) is 0 Å². The van der Waals surface area contributed by atoms with Crippen LogP contribution in [0.3, 0.4) is 0 Å². The van der Waals surface area contributed by atoms with E-state index in [4.69, 9.17) is 10.00 Å². The molecule has 4 nitrogen and oxygen atoms in total. The number of benzene rings is 1. The van der Waals surface area contributed by atoms with Gasteiger partial charge in [0.1, 0.15) is 5.60 Å². The largest absolute Gasteiger partial charge is 0.444 e. The molecule has 2 rings (SSSR count). The van der Waals surface area contributed by atoms with Gasteiger partial charge in [0.15, 0.2) is 0 Å². The van der Waals surface area contributed by atoms with E-state index in [9.17, 15) is 4.79 Å². The summed E-state index contributed by atoms with van der Waals surface area (Å²) in [4.78, 5) is 14.3. The molecule has 2 unspecified atom stereocenters. The van der Waals surface area contributed by atoms with Gasteiger partial charge in [0.05, 0.1) is 12.1 Å². The first-order chi connectivity index (χ1) is 12.4. The van der Waals surface area contributed by atoms with Gasteiger partial charge in [-0.05, 0) is 45.1 Å². The van der Waals surface area contributed by atoms with Crippen molar-refractivity contribution in [2.45, 2.75) is 79.4 Å². The minimum atomic E-state index is -0.498. The molecule has 0 saturated carbocycles. The highest BCUT2D eigenvalue weighted by Crippen LogP contribution is 2.36. The molecule has 1 saturated heterocycles. The lowest BCUT2D eigenvalue weighted by atomic mass is 9.86. The molecule has 26 heavy (non-hydrogen) atoms. The maximum Gasteiger partial charge on any atom is 0.410 e. The smallest absolute Gasteiger partial charge is 0.410 e. The number of carbonyl (C=O) groups is 1. The first kappa shape index (κ1) is 24.0. The van der Waals surface area contributed by atoms with Crippen molar-refractivity contribution in [3.05, 3.63) is 35.9 Å². The molecule has 1 aromatic carbocycles. The van der Waals surface area contributed by atoms with Gasteiger partial charge in [-0.3, -0.25) is 0 Å². The zero-order chi connectivity index (χ0) is 20.2. The Balaban J connectivity index is 0.00000146. The normalized spacial score (nSPS) is 19.1. The highest BCUT2D eigenvalue weighted by atomic mass is 16.6. The van der Waals surface area contributed by atoms with Crippen molar-refractivity contribution in [3.8, 4) is 6.07 Å². The summed E-state index contributed by atoms with van der Waals surface area (Å²) in [5.41, 5.74) is 0.609. The Morgan fingerprint density at radius 2 is 1.77 bits per heavy atom. The lowest BCUT2D eigenvalue weighted by Gasteiger charge is -2.39. The quantitative estimate of drug-likeness (QED) is 0.618. The first-order valence-electron chi connectivity index (χ1n) is 9.82. The molecule has 1 aliphatic heterocycles. The Kier molecular flexibility index (Phi) is 11.4. The van der Waals surface area contributed by atoms with Gasteiger partial charge in [0, 0.05) is 13.0 Å². The summed E-state index contributed by atoms with van der Waals surface area (Å²) in [6, 6.07) is 12.3. The Hall–Kier alpha value is -2.02. The highest BCUT2D eigenvalue weighted by molar-refractivity contribution is 5.69. The third-order valence-electron chi connectivity index (χ3n) is 3.90. The van der Waals surface area contributed by atoms with Gasteiger partial charge in [-0.1, -0.05) is 58.0 Å². The molecule has 1 aliphatic rings. The van der Waals surface area contributed by atoms with E-state index in [2.05, 4.69) is 6.07 Å². The molecule has 0 radical (unpaired) electrons. The molecule has 1 amide bonds. The molecule has 0 bridgehead atoms. The SMILES string of the molecule is CC.CC.CC(C)(C)OC(=O)N1CCC(CC#N)CC1c1ccccc1. The van der Waals surface area contributed by atoms with Gasteiger partial charge >= 0.3 is 6.09 Å². The molecule has 1 heterocycles. The van der Waals surface area contributed by atoms with Gasteiger partial charge in [-0.25, -0.2) is 4.79 Å². The summed E-state index contributed by atoms with van der Waals surface area (Å²) in [6.45, 7) is 14.3. The molecule has 0 spiro atoms. The minimum Gasteiger partial charge on any atom is -0.444 e. The topological polar surface area (TPSA) is 53.3 Å². The van der Waals surface area contributed by atoms with E-state index < -0.39 is 5.60 Å². The van der Waals surface area contributed by atoms with Crippen molar-refractivity contribution in [2.24, 2.45) is 5.92 Å². The van der Waals surface area contributed by atoms with Crippen molar-refractivity contribution >= 4 is 6.09 Å². The van der Waals surface area contributed by atoms with Gasteiger partial charge < -0.3 is 9.64 Å². The van der Waals surface area contributed by atoms with Crippen molar-refractivity contribution in [1.82, 2.24) is 4.90 Å². The fraction of sp³-hybridized carbons (Fsp3) is 0.636. The van der Waals surface area contributed by atoms with Crippen molar-refractivity contribution in [1.29, 1.82) is 5.26 Å². The summed E-state index contributed by atoms with van der Waals surface area (Å²) < 4.78 is 5.55. The van der Waals surface area contributed by atoms with E-state index in [1.54, 1.807) is 0 Å². The van der Waals surface area contributed by atoms with Crippen LogP contribution in [0.15, 0.2) is 30.3 Å². The summed E-state index contributed by atoms with van der Waals surface area (Å²) in [5.74, 6) is 0.342. The molecular formula is C22H36N2O2.